The molecule has 26 heavy (non-hydrogen) atoms. The van der Waals surface area contributed by atoms with Crippen LogP contribution in [-0.2, 0) is 20.3 Å². The summed E-state index contributed by atoms with van der Waals surface area (Å²) < 4.78 is 19.7. The average Bonchev–Trinajstić information content (AvgIpc) is 2.68. The second-order valence-electron chi connectivity index (χ2n) is 6.31. The number of carbonyl (C=O) groups excluding carboxylic acids is 1. The van der Waals surface area contributed by atoms with E-state index in [-0.39, 0.29) is 0 Å². The maximum Gasteiger partial charge on any atom is 0.261 e. The van der Waals surface area contributed by atoms with Gasteiger partial charge in [-0.25, -0.2) is 9.69 Å². The SMILES string of the molecule is O=C(NO)C1CCCCN1S(=O)ON1CCN(c2ccc(Cl)cc2)CC1. The molecule has 10 heteroatoms. The van der Waals surface area contributed by atoms with Crippen LogP contribution in [0.5, 0.6) is 0 Å². The largest absolute Gasteiger partial charge is 0.369 e. The number of carbonyl (C=O) groups is 1. The summed E-state index contributed by atoms with van der Waals surface area (Å²) in [7, 11) is 0. The third kappa shape index (κ3) is 4.73. The summed E-state index contributed by atoms with van der Waals surface area (Å²) in [6, 6.07) is 7.03. The fourth-order valence-electron chi connectivity index (χ4n) is 3.23. The summed E-state index contributed by atoms with van der Waals surface area (Å²) in [5, 5.41) is 11.2. The van der Waals surface area contributed by atoms with Crippen molar-refractivity contribution in [3.63, 3.8) is 0 Å². The molecule has 2 fully saturated rings. The van der Waals surface area contributed by atoms with Gasteiger partial charge in [0.05, 0.1) is 0 Å². The van der Waals surface area contributed by atoms with E-state index in [9.17, 15) is 9.00 Å². The Morgan fingerprint density at radius 2 is 1.85 bits per heavy atom. The smallest absolute Gasteiger partial charge is 0.261 e. The van der Waals surface area contributed by atoms with Crippen molar-refractivity contribution < 1.29 is 18.5 Å². The molecule has 0 spiro atoms. The number of hydrogen-bond acceptors (Lipinski definition) is 6. The Bertz CT molecular complexity index is 640. The lowest BCUT2D eigenvalue weighted by Gasteiger charge is -2.37. The molecule has 8 nitrogen and oxygen atoms in total. The van der Waals surface area contributed by atoms with E-state index >= 15 is 0 Å². The summed E-state index contributed by atoms with van der Waals surface area (Å²) in [6.45, 7) is 3.16. The molecule has 0 bridgehead atoms. The quantitative estimate of drug-likeness (QED) is 0.571. The van der Waals surface area contributed by atoms with Crippen molar-refractivity contribution in [1.29, 1.82) is 0 Å². The number of nitrogens with one attached hydrogen (secondary N) is 1. The fraction of sp³-hybridized carbons (Fsp3) is 0.562. The summed E-state index contributed by atoms with van der Waals surface area (Å²) in [6.07, 6.45) is 2.24. The van der Waals surface area contributed by atoms with Gasteiger partial charge in [0.1, 0.15) is 6.04 Å². The van der Waals surface area contributed by atoms with Gasteiger partial charge in [-0.15, -0.1) is 0 Å². The maximum atomic E-state index is 12.6. The monoisotopic (exact) mass is 402 g/mol. The van der Waals surface area contributed by atoms with Gasteiger partial charge in [-0.05, 0) is 37.1 Å². The molecule has 2 saturated heterocycles. The topological polar surface area (TPSA) is 85.3 Å². The van der Waals surface area contributed by atoms with Gasteiger partial charge in [0.15, 0.2) is 0 Å². The van der Waals surface area contributed by atoms with Crippen LogP contribution in [0.1, 0.15) is 19.3 Å². The minimum atomic E-state index is -1.76. The van der Waals surface area contributed by atoms with Crippen LogP contribution in [0.4, 0.5) is 5.69 Å². The molecule has 0 aliphatic carbocycles. The molecule has 144 valence electrons. The summed E-state index contributed by atoms with van der Waals surface area (Å²) in [4.78, 5) is 14.0. The van der Waals surface area contributed by atoms with E-state index in [2.05, 4.69) is 4.90 Å². The van der Waals surface area contributed by atoms with Crippen molar-refractivity contribution in [1.82, 2.24) is 14.8 Å². The summed E-state index contributed by atoms with van der Waals surface area (Å²) in [5.41, 5.74) is 2.74. The number of hydroxylamine groups is 3. The average molecular weight is 403 g/mol. The first-order chi connectivity index (χ1) is 12.6. The Kier molecular flexibility index (Phi) is 6.85. The minimum Gasteiger partial charge on any atom is -0.369 e. The van der Waals surface area contributed by atoms with E-state index in [1.54, 1.807) is 10.5 Å². The van der Waals surface area contributed by atoms with E-state index < -0.39 is 23.2 Å². The number of nitrogens with zero attached hydrogens (tertiary/aromatic N) is 3. The van der Waals surface area contributed by atoms with Gasteiger partial charge in [-0.2, -0.15) is 13.7 Å². The van der Waals surface area contributed by atoms with Gasteiger partial charge >= 0.3 is 0 Å². The molecule has 1 aromatic carbocycles. The van der Waals surface area contributed by atoms with Gasteiger partial charge < -0.3 is 4.90 Å². The van der Waals surface area contributed by atoms with Crippen molar-refractivity contribution in [2.45, 2.75) is 25.3 Å². The zero-order valence-corrected chi connectivity index (χ0v) is 15.9. The van der Waals surface area contributed by atoms with Crippen LogP contribution in [0.3, 0.4) is 0 Å². The molecule has 0 saturated carbocycles. The lowest BCUT2D eigenvalue weighted by Crippen LogP contribution is -2.52. The molecule has 2 atom stereocenters. The third-order valence-corrected chi connectivity index (χ3v) is 6.07. The second kappa shape index (κ2) is 9.12. The molecule has 0 radical (unpaired) electrons. The number of rotatable bonds is 5. The van der Waals surface area contributed by atoms with Crippen LogP contribution in [0.2, 0.25) is 5.02 Å². The van der Waals surface area contributed by atoms with E-state index in [0.717, 1.165) is 31.6 Å². The maximum absolute atomic E-state index is 12.6. The molecule has 2 N–H and O–H groups in total. The van der Waals surface area contributed by atoms with Gasteiger partial charge in [0.2, 0.25) is 0 Å². The van der Waals surface area contributed by atoms with Crippen molar-refractivity contribution in [2.24, 2.45) is 0 Å². The zero-order valence-electron chi connectivity index (χ0n) is 14.3. The Morgan fingerprint density at radius 1 is 1.15 bits per heavy atom. The minimum absolute atomic E-state index is 0.495. The first-order valence-electron chi connectivity index (χ1n) is 8.65. The van der Waals surface area contributed by atoms with Crippen LogP contribution in [0, 0.1) is 0 Å². The normalized spacial score (nSPS) is 23.6. The highest BCUT2D eigenvalue weighted by Gasteiger charge is 2.34. The van der Waals surface area contributed by atoms with Gasteiger partial charge in [0, 0.05) is 43.4 Å². The molecule has 2 unspecified atom stereocenters. The highest BCUT2D eigenvalue weighted by atomic mass is 35.5. The molecular weight excluding hydrogens is 380 g/mol. The van der Waals surface area contributed by atoms with Crippen LogP contribution in [-0.4, -0.2) is 63.5 Å². The lowest BCUT2D eigenvalue weighted by atomic mass is 10.0. The van der Waals surface area contributed by atoms with Crippen molar-refractivity contribution >= 4 is 34.5 Å². The number of hydrogen-bond donors (Lipinski definition) is 2. The van der Waals surface area contributed by atoms with Crippen molar-refractivity contribution in [2.75, 3.05) is 37.6 Å². The molecule has 2 heterocycles. The van der Waals surface area contributed by atoms with Crippen LogP contribution in [0.15, 0.2) is 24.3 Å². The van der Waals surface area contributed by atoms with Gasteiger partial charge in [0.25, 0.3) is 17.2 Å². The van der Waals surface area contributed by atoms with E-state index in [1.165, 1.54) is 4.31 Å². The fourth-order valence-corrected chi connectivity index (χ4v) is 4.45. The molecule has 0 aromatic heterocycles. The van der Waals surface area contributed by atoms with Crippen LogP contribution >= 0.6 is 11.6 Å². The van der Waals surface area contributed by atoms with Gasteiger partial charge in [-0.3, -0.25) is 10.0 Å². The predicted octanol–water partition coefficient (Wildman–Crippen LogP) is 1.33. The van der Waals surface area contributed by atoms with Crippen LogP contribution < -0.4 is 10.4 Å². The molecule has 2 aliphatic heterocycles. The Balaban J connectivity index is 1.52. The number of piperidine rings is 1. The molecule has 3 rings (SSSR count). The lowest BCUT2D eigenvalue weighted by molar-refractivity contribution is -0.134. The number of halogens is 1. The van der Waals surface area contributed by atoms with Crippen LogP contribution in [0.25, 0.3) is 0 Å². The van der Waals surface area contributed by atoms with E-state index in [0.29, 0.717) is 31.1 Å². The summed E-state index contributed by atoms with van der Waals surface area (Å²) >= 11 is 4.16. The van der Waals surface area contributed by atoms with Gasteiger partial charge in [-0.1, -0.05) is 18.0 Å². The number of amides is 1. The second-order valence-corrected chi connectivity index (χ2v) is 7.80. The first-order valence-corrected chi connectivity index (χ1v) is 10.1. The van der Waals surface area contributed by atoms with E-state index in [1.807, 2.05) is 24.3 Å². The number of anilines is 1. The van der Waals surface area contributed by atoms with E-state index in [4.69, 9.17) is 21.1 Å². The third-order valence-electron chi connectivity index (χ3n) is 4.66. The zero-order chi connectivity index (χ0) is 18.5. The standard InChI is InChI=1S/C16H23ClN4O4S/c17-13-4-6-14(7-5-13)19-9-11-20(12-10-19)25-26(24)21-8-2-1-3-15(21)16(22)18-23/h4-7,15,23H,1-3,8-12H2,(H,18,22). The molecule has 1 aromatic rings. The Morgan fingerprint density at radius 3 is 2.50 bits per heavy atom. The van der Waals surface area contributed by atoms with Crippen molar-refractivity contribution in [3.8, 4) is 0 Å². The molecule has 2 aliphatic rings. The highest BCUT2D eigenvalue weighted by Crippen LogP contribution is 2.22. The molecular formula is C16H23ClN4O4S. The molecule has 1 amide bonds. The Labute approximate surface area is 160 Å². The number of piperazine rings is 1. The predicted molar refractivity (Wildman–Crippen MR) is 98.7 cm³/mol. The Hall–Kier alpha value is -1.23. The summed E-state index contributed by atoms with van der Waals surface area (Å²) in [5.74, 6) is -0.547. The van der Waals surface area contributed by atoms with Crippen molar-refractivity contribution in [3.05, 3.63) is 29.3 Å². The number of benzene rings is 1. The highest BCUT2D eigenvalue weighted by molar-refractivity contribution is 7.77. The first kappa shape index (κ1) is 19.5.